The van der Waals surface area contributed by atoms with E-state index in [-0.39, 0.29) is 95.3 Å². The Morgan fingerprint density at radius 2 is 1.38 bits per heavy atom. The minimum absolute atomic E-state index is 0. The summed E-state index contributed by atoms with van der Waals surface area (Å²) >= 11 is 0. The van der Waals surface area contributed by atoms with E-state index >= 15 is 0 Å². The Bertz CT molecular complexity index is 326. The Kier molecular flexibility index (Phi) is 25.4. The van der Waals surface area contributed by atoms with Crippen LogP contribution in [0.4, 0.5) is 0 Å². The van der Waals surface area contributed by atoms with Crippen LogP contribution in [-0.4, -0.2) is 17.3 Å². The summed E-state index contributed by atoms with van der Waals surface area (Å²) < 4.78 is 25.8. The van der Waals surface area contributed by atoms with E-state index in [2.05, 4.69) is 11.4 Å². The van der Waals surface area contributed by atoms with E-state index in [4.69, 9.17) is 5.11 Å². The second kappa shape index (κ2) is 16.7. The van der Waals surface area contributed by atoms with Crippen LogP contribution in [0, 0.1) is 0 Å². The summed E-state index contributed by atoms with van der Waals surface area (Å²) in [6, 6.07) is 0. The first-order valence-electron chi connectivity index (χ1n) is 5.87. The molecule has 0 aromatic carbocycles. The smallest absolute Gasteiger partial charge is 0.809 e. The molecule has 0 aromatic heterocycles. The number of hydrogen-bond acceptors (Lipinski definition) is 7. The third kappa shape index (κ3) is 16.5. The molecule has 0 aliphatic carbocycles. The van der Waals surface area contributed by atoms with Crippen LogP contribution in [0.1, 0.15) is 45.4 Å². The van der Waals surface area contributed by atoms with Crippen LogP contribution in [0.5, 0.6) is 0 Å². The first kappa shape index (κ1) is 32.0. The van der Waals surface area contributed by atoms with Crippen LogP contribution in [0.15, 0.2) is 0 Å². The molecule has 0 aliphatic rings. The minimum Gasteiger partial charge on any atom is -0.809 e. The van der Waals surface area contributed by atoms with E-state index in [1.807, 2.05) is 0 Å². The van der Waals surface area contributed by atoms with E-state index in [9.17, 15) is 23.8 Å². The van der Waals surface area contributed by atoms with Gasteiger partial charge in [-0.2, -0.15) is 0 Å². The van der Waals surface area contributed by atoms with Crippen molar-refractivity contribution in [3.05, 3.63) is 0 Å². The van der Waals surface area contributed by atoms with Gasteiger partial charge in [-0.25, -0.2) is 0 Å². The van der Waals surface area contributed by atoms with Crippen LogP contribution in [-0.2, 0) is 13.7 Å². The Morgan fingerprint density at radius 3 is 1.81 bits per heavy atom. The van der Waals surface area contributed by atoms with Crippen molar-refractivity contribution in [1.82, 2.24) is 0 Å². The monoisotopic (exact) mass is 370 g/mol. The number of aliphatic hydroxyl groups is 1. The number of rotatable bonds is 10. The van der Waals surface area contributed by atoms with Gasteiger partial charge in [-0.1, -0.05) is 39.0 Å². The van der Waals surface area contributed by atoms with Crippen LogP contribution in [0.2, 0.25) is 0 Å². The molecule has 7 nitrogen and oxygen atoms in total. The molecule has 0 bridgehead atoms. The summed E-state index contributed by atoms with van der Waals surface area (Å²) in [4.78, 5) is 31.8. The number of hydrogen-bond donors (Lipinski definition) is 1. The van der Waals surface area contributed by atoms with Crippen molar-refractivity contribution >= 4 is 15.2 Å². The molecule has 0 rings (SSSR count). The van der Waals surface area contributed by atoms with Crippen molar-refractivity contribution in [3.63, 3.8) is 0 Å². The summed E-state index contributed by atoms with van der Waals surface area (Å²) in [5.41, 5.74) is -3.00. The van der Waals surface area contributed by atoms with Gasteiger partial charge in [-0.3, -0.25) is 0 Å². The van der Waals surface area contributed by atoms with E-state index in [0.29, 0.717) is 6.42 Å². The molecule has 1 N–H and O–H groups in total. The van der Waals surface area contributed by atoms with Crippen molar-refractivity contribution in [1.29, 1.82) is 0 Å². The van der Waals surface area contributed by atoms with Crippen molar-refractivity contribution < 1.29 is 122 Å². The molecule has 0 heterocycles. The quantitative estimate of drug-likeness (QED) is 0.229. The molecule has 0 radical (unpaired) electrons. The molecular weight excluding hydrogens is 351 g/mol. The molecule has 2 atom stereocenters. The average Bonchev–Trinajstić information content (AvgIpc) is 2.25. The van der Waals surface area contributed by atoms with E-state index in [1.54, 1.807) is 0 Å². The Labute approximate surface area is 192 Å². The van der Waals surface area contributed by atoms with E-state index < -0.39 is 20.8 Å². The van der Waals surface area contributed by atoms with Gasteiger partial charge in [0.15, 0.2) is 7.60 Å². The Morgan fingerprint density at radius 1 is 0.952 bits per heavy atom. The standard InChI is InChI=1S/C9H22O7P2.3Na/c1-2-3-4-5-6-7-8-16-18(14,15)9(10)17(11,12)13;;;/h9-10H,2-8H2,1H3,(H,14,15)(H2,11,12,13);;;/q;3*+1/p-3. The molecule has 0 aromatic rings. The van der Waals surface area contributed by atoms with Gasteiger partial charge >= 0.3 is 88.7 Å². The average molecular weight is 370 g/mol. The normalized spacial score (nSPS) is 14.9. The van der Waals surface area contributed by atoms with Gasteiger partial charge in [0.25, 0.3) is 0 Å². The van der Waals surface area contributed by atoms with E-state index in [0.717, 1.165) is 32.1 Å². The molecule has 21 heavy (non-hydrogen) atoms. The van der Waals surface area contributed by atoms with Gasteiger partial charge in [0.2, 0.25) is 0 Å². The van der Waals surface area contributed by atoms with Gasteiger partial charge < -0.3 is 33.4 Å². The van der Waals surface area contributed by atoms with Crippen LogP contribution < -0.4 is 103 Å². The zero-order chi connectivity index (χ0) is 14.2. The first-order valence-corrected chi connectivity index (χ1v) is 9.09. The SMILES string of the molecule is CCCCCCCCOP(=O)([O-])C(O)P(=O)([O-])[O-].[Na+].[Na+].[Na+]. The van der Waals surface area contributed by atoms with Crippen LogP contribution in [0.3, 0.4) is 0 Å². The fraction of sp³-hybridized carbons (Fsp3) is 1.00. The molecule has 0 saturated heterocycles. The maximum Gasteiger partial charge on any atom is 1.00 e. The second-order valence-corrected chi connectivity index (χ2v) is 7.83. The van der Waals surface area contributed by atoms with Gasteiger partial charge in [-0.05, 0) is 14.0 Å². The predicted molar refractivity (Wildman–Crippen MR) is 60.5 cm³/mol. The molecule has 110 valence electrons. The third-order valence-corrected chi connectivity index (χ3v) is 5.71. The maximum absolute atomic E-state index is 11.1. The van der Waals surface area contributed by atoms with Gasteiger partial charge in [0, 0.05) is 0 Å². The van der Waals surface area contributed by atoms with Crippen LogP contribution in [0.25, 0.3) is 0 Å². The zero-order valence-electron chi connectivity index (χ0n) is 13.3. The molecule has 0 amide bonds. The van der Waals surface area contributed by atoms with Crippen LogP contribution >= 0.6 is 15.2 Å². The molecule has 0 spiro atoms. The predicted octanol–water partition coefficient (Wildman–Crippen LogP) is -8.88. The molecule has 12 heteroatoms. The van der Waals surface area contributed by atoms with Crippen molar-refractivity contribution in [3.8, 4) is 0 Å². The number of unbranched alkanes of at least 4 members (excludes halogenated alkanes) is 5. The largest absolute Gasteiger partial charge is 1.00 e. The van der Waals surface area contributed by atoms with Gasteiger partial charge in [-0.15, -0.1) is 0 Å². The van der Waals surface area contributed by atoms with Gasteiger partial charge in [0.1, 0.15) is 5.59 Å². The minimum atomic E-state index is -5.59. The second-order valence-electron chi connectivity index (χ2n) is 4.03. The third-order valence-electron chi connectivity index (χ3n) is 2.33. The topological polar surface area (TPSA) is 133 Å². The fourth-order valence-electron chi connectivity index (χ4n) is 1.31. The summed E-state index contributed by atoms with van der Waals surface area (Å²) in [5.74, 6) is 0. The molecule has 0 saturated carbocycles. The summed E-state index contributed by atoms with van der Waals surface area (Å²) in [6.07, 6.45) is 5.37. The molecular formula is C9H19Na3O7P2. The molecule has 0 aliphatic heterocycles. The fourth-order valence-corrected chi connectivity index (χ4v) is 3.42. The molecule has 2 unspecified atom stereocenters. The van der Waals surface area contributed by atoms with Crippen molar-refractivity contribution in [2.45, 2.75) is 51.0 Å². The maximum atomic E-state index is 11.1. The van der Waals surface area contributed by atoms with Gasteiger partial charge in [0.05, 0.1) is 6.61 Å². The number of aliphatic hydroxyl groups excluding tert-OH is 1. The first-order chi connectivity index (χ1) is 8.22. The summed E-state index contributed by atoms with van der Waals surface area (Å²) in [6.45, 7) is 1.85. The zero-order valence-corrected chi connectivity index (χ0v) is 21.1. The Hall–Kier alpha value is 3.26. The summed E-state index contributed by atoms with van der Waals surface area (Å²) in [5, 5.41) is 8.80. The van der Waals surface area contributed by atoms with Crippen molar-refractivity contribution in [2.75, 3.05) is 6.61 Å². The van der Waals surface area contributed by atoms with Crippen molar-refractivity contribution in [2.24, 2.45) is 0 Å². The summed E-state index contributed by atoms with van der Waals surface area (Å²) in [7, 11) is -10.6. The molecule has 0 fully saturated rings. The van der Waals surface area contributed by atoms with E-state index in [1.165, 1.54) is 0 Å². The Balaban J connectivity index is -0.000000482.